The highest BCUT2D eigenvalue weighted by Crippen LogP contribution is 2.27. The van der Waals surface area contributed by atoms with Crippen LogP contribution in [0.4, 0.5) is 0 Å². The fourth-order valence-corrected chi connectivity index (χ4v) is 6.56. The topological polar surface area (TPSA) is 344 Å². The van der Waals surface area contributed by atoms with E-state index in [1.165, 1.54) is 24.3 Å². The zero-order valence-electron chi connectivity index (χ0n) is 32.3. The van der Waals surface area contributed by atoms with Crippen LogP contribution in [0.1, 0.15) is 83.1 Å². The Bertz CT molecular complexity index is 1670. The Morgan fingerprint density at radius 1 is 0.593 bits per heavy atom. The Balaban J connectivity index is 2.47. The number of amides is 6. The molecule has 0 unspecified atom stereocenters. The molecular weight excluding hydrogens is 801 g/mol. The van der Waals surface area contributed by atoms with Crippen molar-refractivity contribution in [2.24, 2.45) is 5.92 Å². The molecule has 0 bridgehead atoms. The molecule has 6 amide bonds. The van der Waals surface area contributed by atoms with Crippen molar-refractivity contribution in [1.82, 2.24) is 31.9 Å². The van der Waals surface area contributed by atoms with Crippen molar-refractivity contribution in [3.8, 4) is 5.75 Å². The van der Waals surface area contributed by atoms with E-state index in [4.69, 9.17) is 0 Å². The maximum atomic E-state index is 14.0. The molecule has 1 aromatic carbocycles. The summed E-state index contributed by atoms with van der Waals surface area (Å²) >= 11 is 3.97. The predicted octanol–water partition coefficient (Wildman–Crippen LogP) is -0.947. The molecule has 1 aliphatic carbocycles. The smallest absolute Gasteiger partial charge is 0.327 e. The summed E-state index contributed by atoms with van der Waals surface area (Å²) in [6.07, 6.45) is 0.616. The molecule has 0 radical (unpaired) electrons. The van der Waals surface area contributed by atoms with Crippen LogP contribution in [0.25, 0.3) is 0 Å². The molecule has 11 N–H and O–H groups in total. The first-order chi connectivity index (χ1) is 27.8. The number of carboxylic acid groups (broad SMARTS) is 4. The number of hydrogen-bond donors (Lipinski definition) is 12. The third-order valence-electron chi connectivity index (χ3n) is 9.37. The molecule has 0 spiro atoms. The Morgan fingerprint density at radius 3 is 1.49 bits per heavy atom. The summed E-state index contributed by atoms with van der Waals surface area (Å²) in [4.78, 5) is 126. The molecule has 22 heteroatoms. The third kappa shape index (κ3) is 18.5. The fraction of sp³-hybridized carbons (Fsp3) is 0.568. The average Bonchev–Trinajstić information content (AvgIpc) is 3.16. The first-order valence-corrected chi connectivity index (χ1v) is 19.5. The first-order valence-electron chi connectivity index (χ1n) is 18.8. The van der Waals surface area contributed by atoms with Gasteiger partial charge < -0.3 is 57.4 Å². The summed E-state index contributed by atoms with van der Waals surface area (Å²) in [6, 6.07) is -4.02. The van der Waals surface area contributed by atoms with Crippen LogP contribution in [0.2, 0.25) is 0 Å². The van der Waals surface area contributed by atoms with E-state index in [-0.39, 0.29) is 30.3 Å². The zero-order chi connectivity index (χ0) is 44.2. The Hall–Kier alpha value is -5.93. The van der Waals surface area contributed by atoms with Gasteiger partial charge in [-0.3, -0.25) is 43.2 Å². The van der Waals surface area contributed by atoms with Gasteiger partial charge in [0.15, 0.2) is 0 Å². The molecule has 1 saturated carbocycles. The van der Waals surface area contributed by atoms with E-state index in [2.05, 4.69) is 44.5 Å². The highest BCUT2D eigenvalue weighted by Gasteiger charge is 2.35. The monoisotopic (exact) mass is 852 g/mol. The number of phenolic OH excluding ortho intramolecular Hbond substituents is 1. The quantitative estimate of drug-likeness (QED) is 0.0528. The van der Waals surface area contributed by atoms with Crippen LogP contribution >= 0.6 is 12.6 Å². The lowest BCUT2D eigenvalue weighted by Crippen LogP contribution is -2.60. The number of aliphatic carboxylic acids is 4. The van der Waals surface area contributed by atoms with Gasteiger partial charge in [0.2, 0.25) is 35.4 Å². The Morgan fingerprint density at radius 2 is 1.03 bits per heavy atom. The van der Waals surface area contributed by atoms with Gasteiger partial charge in [0.25, 0.3) is 0 Å². The van der Waals surface area contributed by atoms with E-state index in [0.29, 0.717) is 5.56 Å². The third-order valence-corrected chi connectivity index (χ3v) is 9.73. The lowest BCUT2D eigenvalue weighted by Gasteiger charge is -2.29. The number of carbonyl (C=O) groups excluding carboxylic acids is 6. The van der Waals surface area contributed by atoms with Gasteiger partial charge >= 0.3 is 23.9 Å². The predicted molar refractivity (Wildman–Crippen MR) is 208 cm³/mol. The molecule has 0 aliphatic heterocycles. The Kier molecular flexibility index (Phi) is 20.6. The van der Waals surface area contributed by atoms with E-state index >= 15 is 0 Å². The van der Waals surface area contributed by atoms with Gasteiger partial charge in [-0.1, -0.05) is 44.2 Å². The van der Waals surface area contributed by atoms with Crippen LogP contribution in [0.15, 0.2) is 24.3 Å². The number of hydrogen-bond acceptors (Lipinski definition) is 12. The van der Waals surface area contributed by atoms with E-state index in [1.807, 2.05) is 0 Å². The lowest BCUT2D eigenvalue weighted by atomic mass is 9.84. The largest absolute Gasteiger partial charge is 0.508 e. The van der Waals surface area contributed by atoms with Gasteiger partial charge in [-0.25, -0.2) is 4.79 Å². The lowest BCUT2D eigenvalue weighted by molar-refractivity contribution is -0.142. The van der Waals surface area contributed by atoms with Crippen molar-refractivity contribution in [2.45, 2.75) is 120 Å². The minimum Gasteiger partial charge on any atom is -0.508 e. The van der Waals surface area contributed by atoms with Gasteiger partial charge in [-0.15, -0.1) is 0 Å². The number of aromatic hydroxyl groups is 1. The number of nitrogens with one attached hydrogen (secondary N) is 6. The highest BCUT2D eigenvalue weighted by molar-refractivity contribution is 7.80. The standard InChI is InChI=1S/C37H52N6O15S/c1-19(44)38-27(17-31(50)51)36(56)40-24(12-14-30(48)49)33(53)42-26(16-21-7-9-22(45)10-8-21)34(54)39-23(11-13-29(46)47)32(52)41-25(15-20-5-3-2-4-6-20)35(55)43-28(18-59)37(57)58/h7-10,20,23-28,45,59H,2-6,11-18H2,1H3,(H,38,44)(H,39,54)(H,40,56)(H,41,52)(H,42,53)(H,43,55)(H,46,47)(H,48,49)(H,50,51)(H,57,58)/t23-,24-,25-,26-,27-,28-/m0/s1. The van der Waals surface area contributed by atoms with Crippen molar-refractivity contribution in [3.05, 3.63) is 29.8 Å². The van der Waals surface area contributed by atoms with Gasteiger partial charge in [-0.05, 0) is 42.9 Å². The second-order valence-corrected chi connectivity index (χ2v) is 14.5. The second-order valence-electron chi connectivity index (χ2n) is 14.2. The normalized spacial score (nSPS) is 15.7. The van der Waals surface area contributed by atoms with Crippen molar-refractivity contribution in [1.29, 1.82) is 0 Å². The van der Waals surface area contributed by atoms with Crippen LogP contribution in [0.5, 0.6) is 5.75 Å². The van der Waals surface area contributed by atoms with Crippen molar-refractivity contribution < 1.29 is 73.5 Å². The van der Waals surface area contributed by atoms with E-state index < -0.39 is 128 Å². The number of benzene rings is 1. The molecule has 21 nitrogen and oxygen atoms in total. The Labute approximate surface area is 344 Å². The summed E-state index contributed by atoms with van der Waals surface area (Å²) in [5.74, 6) is -12.0. The second kappa shape index (κ2) is 24.8. The molecule has 0 aromatic heterocycles. The summed E-state index contributed by atoms with van der Waals surface area (Å²) < 4.78 is 0. The van der Waals surface area contributed by atoms with Crippen molar-refractivity contribution in [3.63, 3.8) is 0 Å². The van der Waals surface area contributed by atoms with Gasteiger partial charge in [0.05, 0.1) is 6.42 Å². The summed E-state index contributed by atoms with van der Waals surface area (Å²) in [5.41, 5.74) is 0.342. The van der Waals surface area contributed by atoms with Gasteiger partial charge in [0, 0.05) is 31.9 Å². The summed E-state index contributed by atoms with van der Waals surface area (Å²) in [5, 5.41) is 61.3. The summed E-state index contributed by atoms with van der Waals surface area (Å²) in [7, 11) is 0. The minimum atomic E-state index is -1.71. The molecule has 0 heterocycles. The highest BCUT2D eigenvalue weighted by atomic mass is 32.1. The molecule has 6 atom stereocenters. The van der Waals surface area contributed by atoms with E-state index in [9.17, 15) is 73.5 Å². The average molecular weight is 853 g/mol. The molecule has 59 heavy (non-hydrogen) atoms. The number of rotatable bonds is 25. The number of carboxylic acids is 4. The van der Waals surface area contributed by atoms with Crippen molar-refractivity contribution >= 4 is 71.9 Å². The van der Waals surface area contributed by atoms with E-state index in [1.54, 1.807) is 0 Å². The molecular formula is C37H52N6O15S. The van der Waals surface area contributed by atoms with Gasteiger partial charge in [0.1, 0.15) is 42.0 Å². The maximum absolute atomic E-state index is 14.0. The number of thiol groups is 1. The molecule has 0 saturated heterocycles. The number of phenols is 1. The first kappa shape index (κ1) is 49.2. The van der Waals surface area contributed by atoms with Crippen LogP contribution in [-0.4, -0.2) is 127 Å². The number of carbonyl (C=O) groups is 10. The van der Waals surface area contributed by atoms with Crippen LogP contribution in [0.3, 0.4) is 0 Å². The molecule has 1 aliphatic rings. The fourth-order valence-electron chi connectivity index (χ4n) is 6.31. The van der Waals surface area contributed by atoms with Crippen LogP contribution in [0, 0.1) is 5.92 Å². The SMILES string of the molecule is CC(=O)N[C@@H](CC(=O)O)C(=O)N[C@@H](CCC(=O)O)C(=O)N[C@@H](Cc1ccc(O)cc1)C(=O)N[C@@H](CCC(=O)O)C(=O)N[C@@H](CC1CCCCC1)C(=O)N[C@@H](CS)C(=O)O. The minimum absolute atomic E-state index is 0.0248. The summed E-state index contributed by atoms with van der Waals surface area (Å²) in [6.45, 7) is 1.01. The molecule has 1 fully saturated rings. The molecule has 1 aromatic rings. The van der Waals surface area contributed by atoms with Crippen LogP contribution < -0.4 is 31.9 Å². The zero-order valence-corrected chi connectivity index (χ0v) is 33.2. The maximum Gasteiger partial charge on any atom is 0.327 e. The van der Waals surface area contributed by atoms with Crippen LogP contribution in [-0.2, 0) is 54.4 Å². The van der Waals surface area contributed by atoms with Crippen molar-refractivity contribution in [2.75, 3.05) is 5.75 Å². The van der Waals surface area contributed by atoms with Gasteiger partial charge in [-0.2, -0.15) is 12.6 Å². The van der Waals surface area contributed by atoms with E-state index in [0.717, 1.165) is 39.0 Å². The molecule has 2 rings (SSSR count). The molecule has 326 valence electrons.